The zero-order valence-corrected chi connectivity index (χ0v) is 44.2. The lowest BCUT2D eigenvalue weighted by Gasteiger charge is -2.18. The van der Waals surface area contributed by atoms with Crippen molar-refractivity contribution in [3.05, 3.63) is 72.9 Å². The Hall–Kier alpha value is -3.15. The van der Waals surface area contributed by atoms with E-state index in [-0.39, 0.29) is 31.1 Å². The van der Waals surface area contributed by atoms with Crippen LogP contribution in [0.1, 0.15) is 278 Å². The van der Waals surface area contributed by atoms with Crippen molar-refractivity contribution >= 4 is 17.9 Å². The Balaban J connectivity index is 4.45. The monoisotopic (exact) mass is 935 g/mol. The summed E-state index contributed by atoms with van der Waals surface area (Å²) in [6.45, 7) is 6.56. The number of rotatable bonds is 51. The second kappa shape index (κ2) is 55.4. The van der Waals surface area contributed by atoms with Crippen molar-refractivity contribution < 1.29 is 28.6 Å². The minimum atomic E-state index is -0.795. The Morgan fingerprint density at radius 2 is 0.537 bits per heavy atom. The number of allylic oxidation sites excluding steroid dienone is 12. The highest BCUT2D eigenvalue weighted by molar-refractivity contribution is 5.71. The van der Waals surface area contributed by atoms with E-state index in [0.29, 0.717) is 19.3 Å². The van der Waals surface area contributed by atoms with Gasteiger partial charge in [0.2, 0.25) is 0 Å². The number of unbranched alkanes of at least 4 members (excludes halogenated alkanes) is 28. The summed E-state index contributed by atoms with van der Waals surface area (Å²) in [4.78, 5) is 38.1. The summed E-state index contributed by atoms with van der Waals surface area (Å²) in [6.07, 6.45) is 70.2. The SMILES string of the molecule is CCCCC/C=C\C/C=C\C/C=C\CCCCCCC(=O)O[C@H](COC(=O)CCCCCCC/C=C\C/C=C\CCCCC)COC(=O)CCCCCCCCC/C=C\CCCCCCCC. The summed E-state index contributed by atoms with van der Waals surface area (Å²) in [5.74, 6) is -0.924. The first-order valence-electron chi connectivity index (χ1n) is 28.4. The normalized spacial score (nSPS) is 12.6. The van der Waals surface area contributed by atoms with Crippen LogP contribution in [0.5, 0.6) is 0 Å². The van der Waals surface area contributed by atoms with Crippen molar-refractivity contribution in [3.8, 4) is 0 Å². The van der Waals surface area contributed by atoms with Crippen LogP contribution in [0.3, 0.4) is 0 Å². The third-order valence-electron chi connectivity index (χ3n) is 12.2. The maximum absolute atomic E-state index is 12.8. The minimum absolute atomic E-state index is 0.0910. The van der Waals surface area contributed by atoms with Gasteiger partial charge in [-0.2, -0.15) is 0 Å². The summed E-state index contributed by atoms with van der Waals surface area (Å²) >= 11 is 0. The van der Waals surface area contributed by atoms with Crippen LogP contribution in [0.25, 0.3) is 0 Å². The molecule has 386 valence electrons. The van der Waals surface area contributed by atoms with Crippen LogP contribution in [-0.2, 0) is 28.6 Å². The molecule has 0 spiro atoms. The molecule has 0 aromatic carbocycles. The van der Waals surface area contributed by atoms with E-state index < -0.39 is 6.10 Å². The summed E-state index contributed by atoms with van der Waals surface area (Å²) in [6, 6.07) is 0. The number of hydrogen-bond donors (Lipinski definition) is 0. The summed E-state index contributed by atoms with van der Waals surface area (Å²) < 4.78 is 16.8. The van der Waals surface area contributed by atoms with Crippen LogP contribution in [-0.4, -0.2) is 37.2 Å². The van der Waals surface area contributed by atoms with Crippen LogP contribution < -0.4 is 0 Å². The number of ether oxygens (including phenoxy) is 3. The van der Waals surface area contributed by atoms with Crippen LogP contribution >= 0.6 is 0 Å². The maximum atomic E-state index is 12.8. The van der Waals surface area contributed by atoms with E-state index in [9.17, 15) is 14.4 Å². The maximum Gasteiger partial charge on any atom is 0.306 e. The lowest BCUT2D eigenvalue weighted by atomic mass is 10.1. The van der Waals surface area contributed by atoms with Crippen LogP contribution in [0.15, 0.2) is 72.9 Å². The highest BCUT2D eigenvalue weighted by Gasteiger charge is 2.19. The summed E-state index contributed by atoms with van der Waals surface area (Å²) in [5, 5.41) is 0. The van der Waals surface area contributed by atoms with Gasteiger partial charge in [-0.1, -0.05) is 216 Å². The first-order valence-corrected chi connectivity index (χ1v) is 28.4. The molecule has 6 heteroatoms. The molecular formula is C61H106O6. The van der Waals surface area contributed by atoms with E-state index >= 15 is 0 Å². The van der Waals surface area contributed by atoms with Gasteiger partial charge in [-0.3, -0.25) is 14.4 Å². The summed E-state index contributed by atoms with van der Waals surface area (Å²) in [7, 11) is 0. The second-order valence-electron chi connectivity index (χ2n) is 18.8. The molecule has 0 aromatic heterocycles. The fraction of sp³-hybridized carbons (Fsp3) is 0.754. The Kier molecular flexibility index (Phi) is 52.8. The number of carbonyl (C=O) groups is 3. The smallest absolute Gasteiger partial charge is 0.306 e. The predicted molar refractivity (Wildman–Crippen MR) is 288 cm³/mol. The zero-order valence-electron chi connectivity index (χ0n) is 44.2. The van der Waals surface area contributed by atoms with Gasteiger partial charge in [0.15, 0.2) is 6.10 Å². The van der Waals surface area contributed by atoms with Gasteiger partial charge in [0.25, 0.3) is 0 Å². The van der Waals surface area contributed by atoms with Crippen LogP contribution in [0.4, 0.5) is 0 Å². The average Bonchev–Trinajstić information content (AvgIpc) is 3.33. The molecule has 0 saturated heterocycles. The first-order chi connectivity index (χ1) is 33.0. The standard InChI is InChI=1S/C61H106O6/c1-4-7-10-13-16-19-22-25-28-30-33-36-39-42-45-48-51-54-60(63)66-57-58(56-65-59(62)53-50-47-44-41-38-35-32-27-24-21-18-15-12-9-6-3)67-61(64)55-52-49-46-43-40-37-34-31-29-26-23-20-17-14-11-8-5-2/h17-18,20-21,25-29,32,34,37,58H,4-16,19,22-24,30-31,33,35-36,38-57H2,1-3H3/b20-17-,21-18-,28-25-,29-26-,32-27-,37-34-/t58-/m1/s1. The quantitative estimate of drug-likeness (QED) is 0.0262. The molecule has 0 N–H and O–H groups in total. The van der Waals surface area contributed by atoms with E-state index in [1.807, 2.05) is 0 Å². The van der Waals surface area contributed by atoms with Crippen molar-refractivity contribution in [2.75, 3.05) is 13.2 Å². The van der Waals surface area contributed by atoms with Gasteiger partial charge in [0, 0.05) is 19.3 Å². The van der Waals surface area contributed by atoms with Crippen molar-refractivity contribution in [2.24, 2.45) is 0 Å². The molecule has 6 nitrogen and oxygen atoms in total. The molecule has 0 saturated carbocycles. The van der Waals surface area contributed by atoms with Crippen molar-refractivity contribution in [3.63, 3.8) is 0 Å². The van der Waals surface area contributed by atoms with E-state index in [1.54, 1.807) is 0 Å². The third kappa shape index (κ3) is 53.7. The topological polar surface area (TPSA) is 78.9 Å². The molecule has 0 aromatic rings. The van der Waals surface area contributed by atoms with Gasteiger partial charge < -0.3 is 14.2 Å². The third-order valence-corrected chi connectivity index (χ3v) is 12.2. The predicted octanol–water partition coefficient (Wildman–Crippen LogP) is 19.0. The van der Waals surface area contributed by atoms with E-state index in [1.165, 1.54) is 128 Å². The molecule has 67 heavy (non-hydrogen) atoms. The van der Waals surface area contributed by atoms with Crippen molar-refractivity contribution in [2.45, 2.75) is 284 Å². The van der Waals surface area contributed by atoms with Gasteiger partial charge in [0.1, 0.15) is 13.2 Å². The Bertz CT molecular complexity index is 1260. The highest BCUT2D eigenvalue weighted by Crippen LogP contribution is 2.14. The number of carbonyl (C=O) groups excluding carboxylic acids is 3. The van der Waals surface area contributed by atoms with E-state index in [0.717, 1.165) is 109 Å². The molecule has 0 heterocycles. The number of hydrogen-bond acceptors (Lipinski definition) is 6. The Morgan fingerprint density at radius 3 is 0.881 bits per heavy atom. The minimum Gasteiger partial charge on any atom is -0.462 e. The highest BCUT2D eigenvalue weighted by atomic mass is 16.6. The molecule has 0 rings (SSSR count). The van der Waals surface area contributed by atoms with Crippen molar-refractivity contribution in [1.82, 2.24) is 0 Å². The Labute approximate surface area is 414 Å². The van der Waals surface area contributed by atoms with Gasteiger partial charge in [-0.25, -0.2) is 0 Å². The molecule has 0 unspecified atom stereocenters. The molecule has 0 aliphatic carbocycles. The van der Waals surface area contributed by atoms with Gasteiger partial charge in [0.05, 0.1) is 0 Å². The second-order valence-corrected chi connectivity index (χ2v) is 18.8. The molecule has 0 fully saturated rings. The fourth-order valence-electron chi connectivity index (χ4n) is 7.83. The molecule has 0 amide bonds. The first kappa shape index (κ1) is 63.8. The zero-order chi connectivity index (χ0) is 48.6. The van der Waals surface area contributed by atoms with E-state index in [2.05, 4.69) is 93.7 Å². The summed E-state index contributed by atoms with van der Waals surface area (Å²) in [5.41, 5.74) is 0. The fourth-order valence-corrected chi connectivity index (χ4v) is 7.83. The molecular weight excluding hydrogens is 829 g/mol. The lowest BCUT2D eigenvalue weighted by Crippen LogP contribution is -2.30. The van der Waals surface area contributed by atoms with Crippen LogP contribution in [0.2, 0.25) is 0 Å². The van der Waals surface area contributed by atoms with Gasteiger partial charge >= 0.3 is 17.9 Å². The van der Waals surface area contributed by atoms with Crippen LogP contribution in [0, 0.1) is 0 Å². The van der Waals surface area contributed by atoms with Gasteiger partial charge in [-0.15, -0.1) is 0 Å². The van der Waals surface area contributed by atoms with Crippen molar-refractivity contribution in [1.29, 1.82) is 0 Å². The lowest BCUT2D eigenvalue weighted by molar-refractivity contribution is -0.167. The largest absolute Gasteiger partial charge is 0.462 e. The number of esters is 3. The van der Waals surface area contributed by atoms with Gasteiger partial charge in [-0.05, 0) is 116 Å². The molecule has 0 radical (unpaired) electrons. The Morgan fingerprint density at radius 1 is 0.299 bits per heavy atom. The molecule has 0 bridgehead atoms. The molecule has 1 atom stereocenters. The molecule has 0 aliphatic rings. The molecule has 0 aliphatic heterocycles. The van der Waals surface area contributed by atoms with E-state index in [4.69, 9.17) is 14.2 Å². The average molecular weight is 936 g/mol.